The first-order valence-corrected chi connectivity index (χ1v) is 7.77. The van der Waals surface area contributed by atoms with Gasteiger partial charge in [-0.2, -0.15) is 5.10 Å². The number of benzene rings is 1. The Morgan fingerprint density at radius 3 is 2.76 bits per heavy atom. The molecule has 0 spiro atoms. The quantitative estimate of drug-likeness (QED) is 0.790. The highest BCUT2D eigenvalue weighted by molar-refractivity contribution is 7.89. The van der Waals surface area contributed by atoms with Gasteiger partial charge in [0.15, 0.2) is 0 Å². The molecule has 21 heavy (non-hydrogen) atoms. The van der Waals surface area contributed by atoms with Crippen LogP contribution in [0.25, 0.3) is 0 Å². The Morgan fingerprint density at radius 2 is 2.10 bits per heavy atom. The summed E-state index contributed by atoms with van der Waals surface area (Å²) in [6, 6.07) is 8.31. The standard InChI is InChI=1S/C14H16N4O2S/c1-18-10-8-13(17-18)11-16-21(19,20)14-7-3-2-5-12(14)6-4-9-15/h2-3,5,7-8,10,16H,9,11,15H2,1H3. The summed E-state index contributed by atoms with van der Waals surface area (Å²) in [5, 5.41) is 4.12. The minimum absolute atomic E-state index is 0.127. The molecule has 1 aromatic carbocycles. The van der Waals surface area contributed by atoms with Crippen LogP contribution in [0.15, 0.2) is 41.4 Å². The predicted molar refractivity (Wildman–Crippen MR) is 79.6 cm³/mol. The Labute approximate surface area is 124 Å². The van der Waals surface area contributed by atoms with E-state index in [9.17, 15) is 8.42 Å². The smallest absolute Gasteiger partial charge is 0.242 e. The number of hydrogen-bond acceptors (Lipinski definition) is 4. The van der Waals surface area contributed by atoms with Crippen molar-refractivity contribution < 1.29 is 8.42 Å². The van der Waals surface area contributed by atoms with Crippen molar-refractivity contribution in [3.63, 3.8) is 0 Å². The van der Waals surface area contributed by atoms with Crippen LogP contribution in [0.1, 0.15) is 11.3 Å². The van der Waals surface area contributed by atoms with Gasteiger partial charge in [0.05, 0.1) is 23.7 Å². The van der Waals surface area contributed by atoms with Crippen molar-refractivity contribution in [3.8, 4) is 11.8 Å². The molecule has 7 heteroatoms. The molecule has 3 N–H and O–H groups in total. The summed E-state index contributed by atoms with van der Waals surface area (Å²) in [5.74, 6) is 5.43. The summed E-state index contributed by atoms with van der Waals surface area (Å²) in [6.45, 7) is 0.303. The van der Waals surface area contributed by atoms with E-state index in [1.807, 2.05) is 0 Å². The molecule has 2 aromatic rings. The number of nitrogens with one attached hydrogen (secondary N) is 1. The fourth-order valence-corrected chi connectivity index (χ4v) is 2.91. The van der Waals surface area contributed by atoms with Crippen LogP contribution in [-0.4, -0.2) is 24.7 Å². The van der Waals surface area contributed by atoms with Crippen molar-refractivity contribution in [1.82, 2.24) is 14.5 Å². The highest BCUT2D eigenvalue weighted by Gasteiger charge is 2.17. The molecular formula is C14H16N4O2S. The molecular weight excluding hydrogens is 288 g/mol. The van der Waals surface area contributed by atoms with Gasteiger partial charge < -0.3 is 5.73 Å². The molecule has 6 nitrogen and oxygen atoms in total. The molecule has 1 heterocycles. The van der Waals surface area contributed by atoms with Gasteiger partial charge in [-0.15, -0.1) is 0 Å². The molecule has 0 aliphatic heterocycles. The minimum Gasteiger partial charge on any atom is -0.320 e. The lowest BCUT2D eigenvalue weighted by atomic mass is 10.2. The molecule has 1 aromatic heterocycles. The Morgan fingerprint density at radius 1 is 1.33 bits per heavy atom. The van der Waals surface area contributed by atoms with Gasteiger partial charge in [0.25, 0.3) is 0 Å². The summed E-state index contributed by atoms with van der Waals surface area (Å²) in [5.41, 5.74) is 6.40. The number of hydrogen-bond donors (Lipinski definition) is 2. The van der Waals surface area contributed by atoms with E-state index in [0.717, 1.165) is 0 Å². The van der Waals surface area contributed by atoms with Gasteiger partial charge in [-0.3, -0.25) is 4.68 Å². The molecule has 0 saturated heterocycles. The Kier molecular flexibility index (Phi) is 4.75. The SMILES string of the molecule is Cn1ccc(CNS(=O)(=O)c2ccccc2C#CCN)n1. The molecule has 0 radical (unpaired) electrons. The maximum Gasteiger partial charge on any atom is 0.242 e. The summed E-state index contributed by atoms with van der Waals surface area (Å²) in [4.78, 5) is 0.141. The third-order valence-corrected chi connectivity index (χ3v) is 4.17. The van der Waals surface area contributed by atoms with Crippen molar-refractivity contribution >= 4 is 10.0 Å². The van der Waals surface area contributed by atoms with Crippen LogP contribution < -0.4 is 10.5 Å². The topological polar surface area (TPSA) is 90.0 Å². The first-order valence-electron chi connectivity index (χ1n) is 6.29. The Hall–Kier alpha value is -2.14. The summed E-state index contributed by atoms with van der Waals surface area (Å²) < 4.78 is 28.8. The van der Waals surface area contributed by atoms with Crippen LogP contribution in [0.2, 0.25) is 0 Å². The van der Waals surface area contributed by atoms with Gasteiger partial charge in [-0.25, -0.2) is 13.1 Å². The van der Waals surface area contributed by atoms with Gasteiger partial charge in [-0.05, 0) is 18.2 Å². The minimum atomic E-state index is -3.65. The normalized spacial score (nSPS) is 11.0. The maximum atomic E-state index is 12.4. The largest absolute Gasteiger partial charge is 0.320 e. The molecule has 0 bridgehead atoms. The molecule has 0 unspecified atom stereocenters. The molecule has 0 aliphatic carbocycles. The predicted octanol–water partition coefficient (Wildman–Crippen LogP) is 0.209. The van der Waals surface area contributed by atoms with Crippen LogP contribution in [0.4, 0.5) is 0 Å². The fourth-order valence-electron chi connectivity index (χ4n) is 1.75. The van der Waals surface area contributed by atoms with Crippen LogP contribution in [0.5, 0.6) is 0 Å². The number of nitrogens with zero attached hydrogens (tertiary/aromatic N) is 2. The van der Waals surface area contributed by atoms with E-state index in [-0.39, 0.29) is 18.0 Å². The second-order valence-electron chi connectivity index (χ2n) is 4.31. The number of aryl methyl sites for hydroxylation is 1. The second-order valence-corrected chi connectivity index (χ2v) is 6.04. The van der Waals surface area contributed by atoms with E-state index in [4.69, 9.17) is 5.73 Å². The monoisotopic (exact) mass is 304 g/mol. The fraction of sp³-hybridized carbons (Fsp3) is 0.214. The lowest BCUT2D eigenvalue weighted by Crippen LogP contribution is -2.24. The van der Waals surface area contributed by atoms with Crippen molar-refractivity contribution in [2.75, 3.05) is 6.54 Å². The number of nitrogens with two attached hydrogens (primary N) is 1. The number of sulfonamides is 1. The molecule has 0 atom stereocenters. The molecule has 110 valence electrons. The van der Waals surface area contributed by atoms with E-state index in [2.05, 4.69) is 21.7 Å². The van der Waals surface area contributed by atoms with E-state index >= 15 is 0 Å². The van der Waals surface area contributed by atoms with Gasteiger partial charge in [-0.1, -0.05) is 24.0 Å². The summed E-state index contributed by atoms with van der Waals surface area (Å²) >= 11 is 0. The zero-order valence-electron chi connectivity index (χ0n) is 11.6. The van der Waals surface area contributed by atoms with Crippen LogP contribution in [0, 0.1) is 11.8 Å². The Bertz CT molecular complexity index is 785. The van der Waals surface area contributed by atoms with Crippen molar-refractivity contribution in [1.29, 1.82) is 0 Å². The van der Waals surface area contributed by atoms with E-state index in [1.165, 1.54) is 6.07 Å². The Balaban J connectivity index is 2.23. The van der Waals surface area contributed by atoms with E-state index in [0.29, 0.717) is 11.3 Å². The number of aromatic nitrogens is 2. The van der Waals surface area contributed by atoms with E-state index < -0.39 is 10.0 Å². The zero-order chi connectivity index (χ0) is 15.3. The van der Waals surface area contributed by atoms with Gasteiger partial charge in [0.1, 0.15) is 0 Å². The van der Waals surface area contributed by atoms with Crippen LogP contribution in [-0.2, 0) is 23.6 Å². The molecule has 2 rings (SSSR count). The number of rotatable bonds is 4. The van der Waals surface area contributed by atoms with Crippen molar-refractivity contribution in [2.45, 2.75) is 11.4 Å². The van der Waals surface area contributed by atoms with E-state index in [1.54, 1.807) is 42.2 Å². The average molecular weight is 304 g/mol. The highest BCUT2D eigenvalue weighted by Crippen LogP contribution is 2.14. The van der Waals surface area contributed by atoms with Gasteiger partial charge in [0, 0.05) is 18.8 Å². The lowest BCUT2D eigenvalue weighted by molar-refractivity contribution is 0.579. The van der Waals surface area contributed by atoms with Gasteiger partial charge >= 0.3 is 0 Å². The van der Waals surface area contributed by atoms with Gasteiger partial charge in [0.2, 0.25) is 10.0 Å². The molecule has 0 amide bonds. The summed E-state index contributed by atoms with van der Waals surface area (Å²) in [6.07, 6.45) is 1.75. The second kappa shape index (κ2) is 6.54. The lowest BCUT2D eigenvalue weighted by Gasteiger charge is -2.07. The first kappa shape index (κ1) is 15.3. The maximum absolute atomic E-state index is 12.4. The highest BCUT2D eigenvalue weighted by atomic mass is 32.2. The average Bonchev–Trinajstić information content (AvgIpc) is 2.89. The third-order valence-electron chi connectivity index (χ3n) is 2.71. The third kappa shape index (κ3) is 3.92. The van der Waals surface area contributed by atoms with Crippen molar-refractivity contribution in [2.24, 2.45) is 12.8 Å². The summed E-state index contributed by atoms with van der Waals surface area (Å²) in [7, 11) is -1.88. The molecule has 0 saturated carbocycles. The van der Waals surface area contributed by atoms with Crippen LogP contribution >= 0.6 is 0 Å². The van der Waals surface area contributed by atoms with Crippen molar-refractivity contribution in [3.05, 3.63) is 47.8 Å². The molecule has 0 aliphatic rings. The van der Waals surface area contributed by atoms with Crippen LogP contribution in [0.3, 0.4) is 0 Å². The first-order chi connectivity index (χ1) is 10.0. The molecule has 0 fully saturated rings. The zero-order valence-corrected chi connectivity index (χ0v) is 12.4.